The van der Waals surface area contributed by atoms with E-state index in [0.29, 0.717) is 6.07 Å². The molecule has 0 saturated carbocycles. The minimum Gasteiger partial charge on any atom is -0.322 e. The number of amides is 1. The van der Waals surface area contributed by atoms with Crippen LogP contribution in [0.3, 0.4) is 0 Å². The van der Waals surface area contributed by atoms with Gasteiger partial charge in [0.2, 0.25) is 10.0 Å². The van der Waals surface area contributed by atoms with E-state index in [1.54, 1.807) is 0 Å². The summed E-state index contributed by atoms with van der Waals surface area (Å²) in [4.78, 5) is 12.1. The Kier molecular flexibility index (Phi) is 5.84. The Hall–Kier alpha value is -2.83. The van der Waals surface area contributed by atoms with E-state index in [0.717, 1.165) is 18.4 Å². The molecule has 158 valence electrons. The maximum absolute atomic E-state index is 13.9. The van der Waals surface area contributed by atoms with Gasteiger partial charge in [-0.05, 0) is 36.4 Å². The molecule has 0 unspecified atom stereocenters. The zero-order valence-electron chi connectivity index (χ0n) is 14.2. The molecule has 2 aromatic rings. The second-order valence-electron chi connectivity index (χ2n) is 5.82. The third kappa shape index (κ3) is 6.07. The van der Waals surface area contributed by atoms with E-state index in [2.05, 4.69) is 0 Å². The van der Waals surface area contributed by atoms with Crippen molar-refractivity contribution in [3.05, 3.63) is 58.9 Å². The number of hydrogen-bond donors (Lipinski definition) is 2. The predicted octanol–water partition coefficient (Wildman–Crippen LogP) is 4.49. The fourth-order valence-electron chi connectivity index (χ4n) is 2.16. The van der Waals surface area contributed by atoms with E-state index in [-0.39, 0.29) is 23.9 Å². The summed E-state index contributed by atoms with van der Waals surface area (Å²) in [5, 5.41) is 1.96. The van der Waals surface area contributed by atoms with Gasteiger partial charge in [-0.2, -0.15) is 26.3 Å². The minimum atomic E-state index is -5.14. The zero-order valence-corrected chi connectivity index (χ0v) is 15.1. The number of benzene rings is 2. The highest BCUT2D eigenvalue weighted by Gasteiger charge is 2.37. The minimum absolute atomic E-state index is 0.137. The third-order valence-corrected chi connectivity index (χ3v) is 3.96. The Morgan fingerprint density at radius 3 is 1.83 bits per heavy atom. The first-order valence-electron chi connectivity index (χ1n) is 7.44. The van der Waals surface area contributed by atoms with Gasteiger partial charge in [-0.1, -0.05) is 0 Å². The first-order chi connectivity index (χ1) is 13.1. The highest BCUT2D eigenvalue weighted by Crippen LogP contribution is 2.36. The van der Waals surface area contributed by atoms with Gasteiger partial charge in [0.15, 0.2) is 0 Å². The molecule has 0 saturated heterocycles. The molecule has 2 rings (SSSR count). The zero-order chi connectivity index (χ0) is 22.2. The topological polar surface area (TPSA) is 75.3 Å². The van der Waals surface area contributed by atoms with Crippen LogP contribution >= 0.6 is 0 Å². The smallest absolute Gasteiger partial charge is 0.322 e. The van der Waals surface area contributed by atoms with Crippen LogP contribution in [0.2, 0.25) is 0 Å². The van der Waals surface area contributed by atoms with Gasteiger partial charge < -0.3 is 5.32 Å². The highest BCUT2D eigenvalue weighted by molar-refractivity contribution is 7.92. The van der Waals surface area contributed by atoms with Crippen molar-refractivity contribution in [2.45, 2.75) is 12.4 Å². The van der Waals surface area contributed by atoms with Gasteiger partial charge in [0.25, 0.3) is 5.91 Å². The molecular formula is C16H11F7N2O3S. The Morgan fingerprint density at radius 2 is 1.41 bits per heavy atom. The Labute approximate surface area is 159 Å². The van der Waals surface area contributed by atoms with E-state index < -0.39 is 56.5 Å². The lowest BCUT2D eigenvalue weighted by Crippen LogP contribution is -2.17. The average Bonchev–Trinajstić information content (AvgIpc) is 2.54. The fraction of sp³-hybridized carbons (Fsp3) is 0.188. The van der Waals surface area contributed by atoms with Crippen LogP contribution < -0.4 is 10.0 Å². The maximum Gasteiger partial charge on any atom is 0.416 e. The Morgan fingerprint density at radius 1 is 0.897 bits per heavy atom. The number of carbonyl (C=O) groups excluding carboxylic acids is 1. The van der Waals surface area contributed by atoms with E-state index in [1.807, 2.05) is 10.0 Å². The summed E-state index contributed by atoms with van der Waals surface area (Å²) in [6, 6.07) is 2.87. The van der Waals surface area contributed by atoms with Crippen LogP contribution in [-0.4, -0.2) is 20.6 Å². The van der Waals surface area contributed by atoms with Crippen molar-refractivity contribution in [2.24, 2.45) is 0 Å². The Balaban J connectivity index is 2.36. The molecule has 0 aliphatic heterocycles. The van der Waals surface area contributed by atoms with Crippen molar-refractivity contribution in [2.75, 3.05) is 16.3 Å². The SMILES string of the molecule is CS(=O)(=O)Nc1ccc(NC(=O)c2cc(C(F)(F)F)cc(C(F)(F)F)c2)cc1F. The van der Waals surface area contributed by atoms with Crippen molar-refractivity contribution in [3.63, 3.8) is 0 Å². The molecule has 0 bridgehead atoms. The van der Waals surface area contributed by atoms with Gasteiger partial charge in [-0.25, -0.2) is 12.8 Å². The number of rotatable bonds is 4. The molecule has 0 atom stereocenters. The van der Waals surface area contributed by atoms with Crippen LogP contribution in [0.15, 0.2) is 36.4 Å². The molecule has 2 aromatic carbocycles. The number of carbonyl (C=O) groups is 1. The lowest BCUT2D eigenvalue weighted by Gasteiger charge is -2.14. The molecule has 1 amide bonds. The van der Waals surface area contributed by atoms with Crippen molar-refractivity contribution >= 4 is 27.3 Å². The van der Waals surface area contributed by atoms with Crippen LogP contribution in [0.5, 0.6) is 0 Å². The fourth-order valence-corrected chi connectivity index (χ4v) is 2.73. The summed E-state index contributed by atoms with van der Waals surface area (Å²) < 4.78 is 115. The molecule has 13 heteroatoms. The molecule has 0 aliphatic rings. The summed E-state index contributed by atoms with van der Waals surface area (Å²) in [6.07, 6.45) is -9.52. The number of anilines is 2. The molecule has 2 N–H and O–H groups in total. The van der Waals surface area contributed by atoms with Crippen LogP contribution in [0.4, 0.5) is 42.1 Å². The normalized spacial score (nSPS) is 12.6. The molecule has 0 spiro atoms. The van der Waals surface area contributed by atoms with Crippen LogP contribution in [0.1, 0.15) is 21.5 Å². The van der Waals surface area contributed by atoms with Crippen LogP contribution in [0.25, 0.3) is 0 Å². The molecular weight excluding hydrogens is 433 g/mol. The van der Waals surface area contributed by atoms with E-state index in [9.17, 15) is 43.9 Å². The van der Waals surface area contributed by atoms with Gasteiger partial charge in [0.05, 0.1) is 23.1 Å². The standard InChI is InChI=1S/C16H11F7N2O3S/c1-29(27,28)25-13-3-2-11(7-12(13)17)24-14(26)8-4-9(15(18,19)20)6-10(5-8)16(21,22)23/h2-7,25H,1H3,(H,24,26). The van der Waals surface area contributed by atoms with E-state index in [4.69, 9.17) is 0 Å². The van der Waals surface area contributed by atoms with Crippen molar-refractivity contribution in [1.29, 1.82) is 0 Å². The Bertz CT molecular complexity index is 1020. The lowest BCUT2D eigenvalue weighted by molar-refractivity contribution is -0.143. The van der Waals surface area contributed by atoms with Crippen molar-refractivity contribution < 1.29 is 43.9 Å². The maximum atomic E-state index is 13.9. The molecule has 0 aliphatic carbocycles. The van der Waals surface area contributed by atoms with E-state index in [1.165, 1.54) is 0 Å². The van der Waals surface area contributed by atoms with Crippen LogP contribution in [0, 0.1) is 5.82 Å². The average molecular weight is 444 g/mol. The summed E-state index contributed by atoms with van der Waals surface area (Å²) in [5.74, 6) is -2.49. The summed E-state index contributed by atoms with van der Waals surface area (Å²) >= 11 is 0. The van der Waals surface area contributed by atoms with Gasteiger partial charge in [-0.3, -0.25) is 9.52 Å². The quantitative estimate of drug-likeness (QED) is 0.683. The monoisotopic (exact) mass is 444 g/mol. The molecule has 5 nitrogen and oxygen atoms in total. The largest absolute Gasteiger partial charge is 0.416 e. The van der Waals surface area contributed by atoms with Crippen molar-refractivity contribution in [1.82, 2.24) is 0 Å². The molecule has 0 heterocycles. The lowest BCUT2D eigenvalue weighted by atomic mass is 10.0. The summed E-state index contributed by atoms with van der Waals surface area (Å²) in [7, 11) is -3.81. The first kappa shape index (κ1) is 22.5. The van der Waals surface area contributed by atoms with Crippen LogP contribution in [-0.2, 0) is 22.4 Å². The van der Waals surface area contributed by atoms with Gasteiger partial charge in [0.1, 0.15) is 5.82 Å². The number of sulfonamides is 1. The second kappa shape index (κ2) is 7.54. The highest BCUT2D eigenvalue weighted by atomic mass is 32.2. The number of nitrogens with one attached hydrogen (secondary N) is 2. The van der Waals surface area contributed by atoms with E-state index >= 15 is 0 Å². The molecule has 0 fully saturated rings. The van der Waals surface area contributed by atoms with Crippen molar-refractivity contribution in [3.8, 4) is 0 Å². The molecule has 0 radical (unpaired) electrons. The predicted molar refractivity (Wildman–Crippen MR) is 89.3 cm³/mol. The number of halogens is 7. The molecule has 0 aromatic heterocycles. The second-order valence-corrected chi connectivity index (χ2v) is 7.57. The first-order valence-corrected chi connectivity index (χ1v) is 9.33. The summed E-state index contributed by atoms with van der Waals surface area (Å²) in [5.41, 5.74) is -5.11. The van der Waals surface area contributed by atoms with Gasteiger partial charge >= 0.3 is 12.4 Å². The summed E-state index contributed by atoms with van der Waals surface area (Å²) in [6.45, 7) is 0. The molecule has 29 heavy (non-hydrogen) atoms. The van der Waals surface area contributed by atoms with Gasteiger partial charge in [-0.15, -0.1) is 0 Å². The number of hydrogen-bond acceptors (Lipinski definition) is 3. The third-order valence-electron chi connectivity index (χ3n) is 3.37. The van der Waals surface area contributed by atoms with Gasteiger partial charge in [0, 0.05) is 11.3 Å². The number of alkyl halides is 6.